The summed E-state index contributed by atoms with van der Waals surface area (Å²) in [5.41, 5.74) is 2.08. The number of rotatable bonds is 8. The molecule has 2 aromatic carbocycles. The zero-order valence-electron chi connectivity index (χ0n) is 15.9. The van der Waals surface area contributed by atoms with Gasteiger partial charge in [-0.05, 0) is 18.6 Å². The molecule has 0 aliphatic heterocycles. The van der Waals surface area contributed by atoms with E-state index >= 15 is 0 Å². The molecule has 0 aliphatic carbocycles. The number of benzene rings is 2. The van der Waals surface area contributed by atoms with E-state index < -0.39 is 0 Å². The summed E-state index contributed by atoms with van der Waals surface area (Å²) in [7, 11) is 6.09. The third-order valence-corrected chi connectivity index (χ3v) is 4.28. The van der Waals surface area contributed by atoms with Gasteiger partial charge in [0.15, 0.2) is 11.5 Å². The van der Waals surface area contributed by atoms with Gasteiger partial charge < -0.3 is 29.6 Å². The van der Waals surface area contributed by atoms with Gasteiger partial charge in [-0.2, -0.15) is 0 Å². The number of anilines is 2. The topological polar surface area (TPSA) is 78.1 Å². The summed E-state index contributed by atoms with van der Waals surface area (Å²) in [5.74, 6) is 1.67. The van der Waals surface area contributed by atoms with Crippen LogP contribution in [-0.4, -0.2) is 40.9 Å². The Morgan fingerprint density at radius 2 is 1.52 bits per heavy atom. The van der Waals surface area contributed by atoms with Crippen molar-refractivity contribution in [3.05, 3.63) is 34.9 Å². The van der Waals surface area contributed by atoms with Gasteiger partial charge >= 0.3 is 0 Å². The lowest BCUT2D eigenvalue weighted by Gasteiger charge is -2.15. The summed E-state index contributed by atoms with van der Waals surface area (Å²) in [6, 6.07) is 6.85. The summed E-state index contributed by atoms with van der Waals surface area (Å²) in [6.07, 6.45) is 0. The van der Waals surface area contributed by atoms with E-state index in [-0.39, 0.29) is 12.5 Å². The van der Waals surface area contributed by atoms with Crippen LogP contribution in [0.1, 0.15) is 5.56 Å². The fourth-order valence-electron chi connectivity index (χ4n) is 2.50. The number of carbonyl (C=O) groups is 1. The lowest BCUT2D eigenvalue weighted by molar-refractivity contribution is -0.114. The molecule has 0 aromatic heterocycles. The van der Waals surface area contributed by atoms with Crippen molar-refractivity contribution in [2.45, 2.75) is 6.92 Å². The SMILES string of the molecule is COc1cc(Cl)c(C)cc1NCC(=O)Nc1cc(OC)c(OC)c(OC)c1. The maximum absolute atomic E-state index is 12.3. The highest BCUT2D eigenvalue weighted by Gasteiger charge is 2.15. The van der Waals surface area contributed by atoms with Crippen molar-refractivity contribution in [1.82, 2.24) is 0 Å². The van der Waals surface area contributed by atoms with Crippen LogP contribution in [0.15, 0.2) is 24.3 Å². The highest BCUT2D eigenvalue weighted by Crippen LogP contribution is 2.40. The molecule has 2 rings (SSSR count). The maximum Gasteiger partial charge on any atom is 0.243 e. The number of carbonyl (C=O) groups excluding carboxylic acids is 1. The standard InChI is InChI=1S/C19H23ClN2O5/c1-11-6-14(15(24-2)9-13(11)20)21-10-18(23)22-12-7-16(25-3)19(27-5)17(8-12)26-4/h6-9,21H,10H2,1-5H3,(H,22,23). The average Bonchev–Trinajstić information content (AvgIpc) is 2.67. The molecule has 0 saturated heterocycles. The number of ether oxygens (including phenoxy) is 4. The third kappa shape index (κ3) is 4.89. The Bertz CT molecular complexity index is 801. The summed E-state index contributed by atoms with van der Waals surface area (Å²) < 4.78 is 21.1. The first-order valence-electron chi connectivity index (χ1n) is 8.11. The zero-order valence-corrected chi connectivity index (χ0v) is 16.7. The van der Waals surface area contributed by atoms with E-state index in [1.165, 1.54) is 21.3 Å². The molecule has 0 unspecified atom stereocenters. The van der Waals surface area contributed by atoms with Crippen molar-refractivity contribution >= 4 is 28.9 Å². The van der Waals surface area contributed by atoms with Crippen LogP contribution in [0.2, 0.25) is 5.02 Å². The molecule has 0 saturated carbocycles. The molecule has 8 heteroatoms. The molecule has 0 radical (unpaired) electrons. The summed E-state index contributed by atoms with van der Waals surface area (Å²) in [4.78, 5) is 12.3. The van der Waals surface area contributed by atoms with Crippen LogP contribution < -0.4 is 29.6 Å². The molecule has 27 heavy (non-hydrogen) atoms. The molecular formula is C19H23ClN2O5. The molecule has 0 aliphatic rings. The van der Waals surface area contributed by atoms with Gasteiger partial charge in [0.25, 0.3) is 0 Å². The first-order chi connectivity index (χ1) is 12.9. The van der Waals surface area contributed by atoms with Gasteiger partial charge in [0.2, 0.25) is 11.7 Å². The van der Waals surface area contributed by atoms with Crippen LogP contribution in [0.4, 0.5) is 11.4 Å². The molecule has 0 atom stereocenters. The van der Waals surface area contributed by atoms with Gasteiger partial charge in [-0.3, -0.25) is 4.79 Å². The minimum absolute atomic E-state index is 0.0358. The Morgan fingerprint density at radius 1 is 0.926 bits per heavy atom. The van der Waals surface area contributed by atoms with Crippen LogP contribution in [-0.2, 0) is 4.79 Å². The van der Waals surface area contributed by atoms with Crippen LogP contribution >= 0.6 is 11.6 Å². The van der Waals surface area contributed by atoms with Gasteiger partial charge in [0.05, 0.1) is 40.7 Å². The lowest BCUT2D eigenvalue weighted by atomic mass is 10.2. The minimum atomic E-state index is -0.251. The molecule has 0 heterocycles. The number of amides is 1. The molecule has 0 spiro atoms. The summed E-state index contributed by atoms with van der Waals surface area (Å²) in [5, 5.41) is 6.44. The van der Waals surface area contributed by atoms with Gasteiger partial charge in [0, 0.05) is 28.9 Å². The molecule has 0 fully saturated rings. The monoisotopic (exact) mass is 394 g/mol. The second kappa shape index (κ2) is 9.23. The van der Waals surface area contributed by atoms with Crippen LogP contribution in [0.25, 0.3) is 0 Å². The second-order valence-corrected chi connectivity index (χ2v) is 6.02. The quantitative estimate of drug-likeness (QED) is 0.710. The summed E-state index contributed by atoms with van der Waals surface area (Å²) >= 11 is 6.10. The molecule has 2 aromatic rings. The van der Waals surface area contributed by atoms with E-state index in [2.05, 4.69) is 10.6 Å². The largest absolute Gasteiger partial charge is 0.495 e. The van der Waals surface area contributed by atoms with Crippen molar-refractivity contribution in [2.24, 2.45) is 0 Å². The number of methoxy groups -OCH3 is 4. The van der Waals surface area contributed by atoms with E-state index in [4.69, 9.17) is 30.5 Å². The Labute approximate surface area is 163 Å². The van der Waals surface area contributed by atoms with Gasteiger partial charge in [-0.25, -0.2) is 0 Å². The molecule has 7 nitrogen and oxygen atoms in total. The predicted octanol–water partition coefficient (Wildman–Crippen LogP) is 3.73. The van der Waals surface area contributed by atoms with E-state index in [1.54, 1.807) is 25.3 Å². The third-order valence-electron chi connectivity index (χ3n) is 3.87. The lowest BCUT2D eigenvalue weighted by Crippen LogP contribution is -2.22. The molecular weight excluding hydrogens is 372 g/mol. The maximum atomic E-state index is 12.3. The van der Waals surface area contributed by atoms with E-state index in [0.717, 1.165) is 5.56 Å². The minimum Gasteiger partial charge on any atom is -0.495 e. The van der Waals surface area contributed by atoms with Gasteiger partial charge in [-0.1, -0.05) is 11.6 Å². The van der Waals surface area contributed by atoms with E-state index in [9.17, 15) is 4.79 Å². The second-order valence-electron chi connectivity index (χ2n) is 5.62. The van der Waals surface area contributed by atoms with E-state index in [1.807, 2.05) is 13.0 Å². The van der Waals surface area contributed by atoms with E-state index in [0.29, 0.717) is 39.4 Å². The molecule has 1 amide bonds. The molecule has 0 bridgehead atoms. The van der Waals surface area contributed by atoms with Crippen molar-refractivity contribution < 1.29 is 23.7 Å². The van der Waals surface area contributed by atoms with Crippen molar-refractivity contribution in [3.63, 3.8) is 0 Å². The number of nitrogens with one attached hydrogen (secondary N) is 2. The number of hydrogen-bond donors (Lipinski definition) is 2. The van der Waals surface area contributed by atoms with Crippen LogP contribution in [0, 0.1) is 6.92 Å². The number of aryl methyl sites for hydroxylation is 1. The zero-order chi connectivity index (χ0) is 20.0. The van der Waals surface area contributed by atoms with Gasteiger partial charge in [-0.15, -0.1) is 0 Å². The summed E-state index contributed by atoms with van der Waals surface area (Å²) in [6.45, 7) is 1.91. The van der Waals surface area contributed by atoms with Gasteiger partial charge in [0.1, 0.15) is 5.75 Å². The molecule has 2 N–H and O–H groups in total. The molecule has 146 valence electrons. The Kier molecular flexibility index (Phi) is 7.01. The fraction of sp³-hybridized carbons (Fsp3) is 0.316. The Hall–Kier alpha value is -2.80. The Balaban J connectivity index is 2.11. The number of halogens is 1. The van der Waals surface area contributed by atoms with Crippen molar-refractivity contribution in [1.29, 1.82) is 0 Å². The average molecular weight is 395 g/mol. The van der Waals surface area contributed by atoms with Crippen molar-refractivity contribution in [2.75, 3.05) is 45.6 Å². The first kappa shape index (κ1) is 20.5. The smallest absolute Gasteiger partial charge is 0.243 e. The van der Waals surface area contributed by atoms with Crippen LogP contribution in [0.5, 0.6) is 23.0 Å². The van der Waals surface area contributed by atoms with Crippen LogP contribution in [0.3, 0.4) is 0 Å². The fourth-order valence-corrected chi connectivity index (χ4v) is 2.66. The normalized spacial score (nSPS) is 10.1. The van der Waals surface area contributed by atoms with Crippen molar-refractivity contribution in [3.8, 4) is 23.0 Å². The highest BCUT2D eigenvalue weighted by atomic mass is 35.5. The highest BCUT2D eigenvalue weighted by molar-refractivity contribution is 6.31. The number of hydrogen-bond acceptors (Lipinski definition) is 6. The Morgan fingerprint density at radius 3 is 2.04 bits per heavy atom. The first-order valence-corrected chi connectivity index (χ1v) is 8.49. The predicted molar refractivity (Wildman–Crippen MR) is 106 cm³/mol.